The van der Waals surface area contributed by atoms with Crippen molar-refractivity contribution in [1.82, 2.24) is 25.4 Å². The zero-order chi connectivity index (χ0) is 26.0. The molecular formula is C22H27F3N6O5. The van der Waals surface area contributed by atoms with Crippen LogP contribution in [0.2, 0.25) is 0 Å². The van der Waals surface area contributed by atoms with Crippen molar-refractivity contribution in [3.05, 3.63) is 42.0 Å². The molecule has 0 radical (unpaired) electrons. The molecular weight excluding hydrogens is 485 g/mol. The highest BCUT2D eigenvalue weighted by molar-refractivity contribution is 5.91. The van der Waals surface area contributed by atoms with Crippen LogP contribution in [0.15, 0.2) is 42.0 Å². The van der Waals surface area contributed by atoms with Gasteiger partial charge in [-0.3, -0.25) is 15.0 Å². The number of hydrogen-bond acceptors (Lipinski definition) is 8. The van der Waals surface area contributed by atoms with Crippen LogP contribution in [0.5, 0.6) is 5.75 Å². The van der Waals surface area contributed by atoms with Gasteiger partial charge in [0, 0.05) is 25.4 Å². The van der Waals surface area contributed by atoms with Crippen molar-refractivity contribution >= 4 is 17.8 Å². The van der Waals surface area contributed by atoms with Crippen LogP contribution in [0.3, 0.4) is 0 Å². The Morgan fingerprint density at radius 1 is 1.39 bits per heavy atom. The summed E-state index contributed by atoms with van der Waals surface area (Å²) < 4.78 is 44.1. The first-order chi connectivity index (χ1) is 17.1. The topological polar surface area (TPSA) is 139 Å². The summed E-state index contributed by atoms with van der Waals surface area (Å²) in [5.74, 6) is -0.0691. The number of aliphatic hydroxyl groups is 2. The Labute approximate surface area is 204 Å². The maximum Gasteiger partial charge on any atom is 0.408 e. The number of rotatable bonds is 7. The van der Waals surface area contributed by atoms with Gasteiger partial charge in [0.05, 0.1) is 18.3 Å². The van der Waals surface area contributed by atoms with E-state index in [2.05, 4.69) is 15.6 Å². The lowest BCUT2D eigenvalue weighted by Crippen LogP contribution is -2.57. The van der Waals surface area contributed by atoms with Gasteiger partial charge >= 0.3 is 12.2 Å². The van der Waals surface area contributed by atoms with E-state index in [-0.39, 0.29) is 18.5 Å². The summed E-state index contributed by atoms with van der Waals surface area (Å²) in [7, 11) is 0. The summed E-state index contributed by atoms with van der Waals surface area (Å²) in [4.78, 5) is 33.4. The third-order valence-corrected chi connectivity index (χ3v) is 6.06. The molecule has 1 fully saturated rings. The number of nitrogens with one attached hydrogen (secondary N) is 3. The Balaban J connectivity index is 1.48. The van der Waals surface area contributed by atoms with Gasteiger partial charge in [-0.25, -0.2) is 9.78 Å². The number of carbonyl (C=O) groups excluding carboxylic acids is 2. The number of fused-ring (bicyclic) bond motifs is 3. The molecule has 4 rings (SSSR count). The Kier molecular flexibility index (Phi) is 7.26. The number of hydrogen-bond donors (Lipinski definition) is 5. The van der Waals surface area contributed by atoms with Crippen molar-refractivity contribution in [1.29, 1.82) is 0 Å². The van der Waals surface area contributed by atoms with Crippen LogP contribution in [-0.4, -0.2) is 93.6 Å². The van der Waals surface area contributed by atoms with Gasteiger partial charge in [0.2, 0.25) is 5.91 Å². The fraction of sp³-hybridized carbons (Fsp3) is 0.500. The van der Waals surface area contributed by atoms with Crippen LogP contribution < -0.4 is 20.7 Å². The average Bonchev–Trinajstić information content (AvgIpc) is 3.25. The van der Waals surface area contributed by atoms with E-state index in [1.807, 2.05) is 10.2 Å². The highest BCUT2D eigenvalue weighted by atomic mass is 19.4. The van der Waals surface area contributed by atoms with Crippen molar-refractivity contribution in [3.63, 3.8) is 0 Å². The lowest BCUT2D eigenvalue weighted by molar-refractivity contribution is -0.158. The zero-order valence-corrected chi connectivity index (χ0v) is 19.3. The molecule has 14 heteroatoms. The molecule has 0 spiro atoms. The predicted octanol–water partition coefficient (Wildman–Crippen LogP) is 0.499. The molecule has 3 aliphatic rings. The van der Waals surface area contributed by atoms with E-state index in [1.54, 1.807) is 6.08 Å². The molecule has 1 saturated heterocycles. The maximum absolute atomic E-state index is 13.3. The van der Waals surface area contributed by atoms with Crippen molar-refractivity contribution in [3.8, 4) is 5.75 Å². The number of amides is 3. The van der Waals surface area contributed by atoms with Crippen LogP contribution in [0.25, 0.3) is 0 Å². The van der Waals surface area contributed by atoms with Crippen LogP contribution in [0, 0.1) is 0 Å². The summed E-state index contributed by atoms with van der Waals surface area (Å²) in [6, 6.07) is -0.921. The quantitative estimate of drug-likeness (QED) is 0.356. The zero-order valence-electron chi connectivity index (χ0n) is 19.3. The van der Waals surface area contributed by atoms with Gasteiger partial charge in [-0.2, -0.15) is 13.2 Å². The Hall–Kier alpha value is -3.52. The van der Waals surface area contributed by atoms with E-state index in [0.717, 1.165) is 6.92 Å². The molecule has 1 unspecified atom stereocenters. The van der Waals surface area contributed by atoms with Crippen molar-refractivity contribution in [2.45, 2.75) is 43.8 Å². The van der Waals surface area contributed by atoms with Gasteiger partial charge in [0.1, 0.15) is 42.2 Å². The number of dihydropyridines is 1. The van der Waals surface area contributed by atoms with Crippen LogP contribution in [0.4, 0.5) is 23.8 Å². The van der Waals surface area contributed by atoms with E-state index < -0.39 is 42.9 Å². The lowest BCUT2D eigenvalue weighted by atomic mass is 10.1. The highest BCUT2D eigenvalue weighted by Gasteiger charge is 2.43. The minimum Gasteiger partial charge on any atom is -0.491 e. The number of ether oxygens (including phenoxy) is 1. The van der Waals surface area contributed by atoms with E-state index in [9.17, 15) is 27.9 Å². The molecule has 4 atom stereocenters. The Bertz CT molecular complexity index is 1060. The van der Waals surface area contributed by atoms with Gasteiger partial charge in [0.15, 0.2) is 0 Å². The average molecular weight is 512 g/mol. The molecule has 0 aliphatic carbocycles. The van der Waals surface area contributed by atoms with Crippen LogP contribution in [-0.2, 0) is 4.79 Å². The second kappa shape index (κ2) is 10.2. The largest absolute Gasteiger partial charge is 0.491 e. The monoisotopic (exact) mass is 512 g/mol. The molecule has 0 aromatic carbocycles. The van der Waals surface area contributed by atoms with Crippen LogP contribution >= 0.6 is 0 Å². The van der Waals surface area contributed by atoms with Gasteiger partial charge in [-0.1, -0.05) is 6.08 Å². The number of anilines is 1. The fourth-order valence-electron chi connectivity index (χ4n) is 4.13. The number of aromatic nitrogens is 1. The molecule has 36 heavy (non-hydrogen) atoms. The van der Waals surface area contributed by atoms with Gasteiger partial charge in [0.25, 0.3) is 0 Å². The van der Waals surface area contributed by atoms with E-state index >= 15 is 0 Å². The smallest absolute Gasteiger partial charge is 0.408 e. The molecule has 4 heterocycles. The SMILES string of the molecule is C[C@@H](NC(=O)C1C=CC2=C(N1)N(C(=O)Nc1cc(OC[C@H](O)CO)ccn1)[C@H]1CCN2C1)C(F)(F)F. The van der Waals surface area contributed by atoms with Crippen molar-refractivity contribution in [2.75, 3.05) is 31.6 Å². The first-order valence-electron chi connectivity index (χ1n) is 11.4. The maximum atomic E-state index is 13.3. The first-order valence-corrected chi connectivity index (χ1v) is 11.4. The molecule has 11 nitrogen and oxygen atoms in total. The normalized spacial score (nSPS) is 22.5. The third kappa shape index (κ3) is 5.49. The van der Waals surface area contributed by atoms with Gasteiger partial charge in [-0.15, -0.1) is 0 Å². The summed E-state index contributed by atoms with van der Waals surface area (Å²) in [5.41, 5.74) is 0.662. The standard InChI is InChI=1S/C22H27F3N6O5/c1-12(22(23,24)25)27-20(34)16-2-3-17-19(28-16)31(13-5-7-30(17)9-13)21(35)29-18-8-15(4-6-26-18)36-11-14(33)10-32/h2-4,6,8,12-14,16,28,32-33H,5,7,9-11H2,1H3,(H,27,34)(H,26,29,35)/t12-,13+,14-,16?/m1/s1. The predicted molar refractivity (Wildman–Crippen MR) is 120 cm³/mol. The second-order valence-corrected chi connectivity index (χ2v) is 8.70. The van der Waals surface area contributed by atoms with Gasteiger partial charge in [-0.05, 0) is 25.5 Å². The number of aliphatic hydroxyl groups excluding tert-OH is 2. The summed E-state index contributed by atoms with van der Waals surface area (Å²) in [6.45, 7) is 1.48. The molecule has 2 bridgehead atoms. The number of carbonyl (C=O) groups is 2. The molecule has 1 aromatic rings. The highest BCUT2D eigenvalue weighted by Crippen LogP contribution is 2.33. The molecule has 0 saturated carbocycles. The lowest BCUT2D eigenvalue weighted by Gasteiger charge is -2.41. The summed E-state index contributed by atoms with van der Waals surface area (Å²) >= 11 is 0. The number of urea groups is 1. The minimum atomic E-state index is -4.58. The second-order valence-electron chi connectivity index (χ2n) is 8.70. The number of alkyl halides is 3. The molecule has 5 N–H and O–H groups in total. The Morgan fingerprint density at radius 3 is 2.89 bits per heavy atom. The van der Waals surface area contributed by atoms with Crippen LogP contribution in [0.1, 0.15) is 13.3 Å². The molecule has 196 valence electrons. The summed E-state index contributed by atoms with van der Waals surface area (Å²) in [5, 5.41) is 25.9. The van der Waals surface area contributed by atoms with E-state index in [1.165, 1.54) is 29.3 Å². The van der Waals surface area contributed by atoms with E-state index in [4.69, 9.17) is 9.84 Å². The first kappa shape index (κ1) is 25.6. The summed E-state index contributed by atoms with van der Waals surface area (Å²) in [6.07, 6.45) is -0.479. The number of nitrogens with zero attached hydrogens (tertiary/aromatic N) is 3. The molecule has 3 aliphatic heterocycles. The third-order valence-electron chi connectivity index (χ3n) is 6.06. The van der Waals surface area contributed by atoms with Gasteiger partial charge < -0.3 is 30.5 Å². The number of allylic oxidation sites excluding steroid dienone is 1. The fourth-order valence-corrected chi connectivity index (χ4v) is 4.13. The number of halogens is 3. The van der Waals surface area contributed by atoms with Crippen molar-refractivity contribution < 1.29 is 37.7 Å². The van der Waals surface area contributed by atoms with E-state index in [0.29, 0.717) is 36.8 Å². The number of pyridine rings is 1. The molecule has 3 amide bonds. The minimum absolute atomic E-state index is 0.152. The van der Waals surface area contributed by atoms with Crippen molar-refractivity contribution in [2.24, 2.45) is 0 Å². The Morgan fingerprint density at radius 2 is 2.17 bits per heavy atom. The molecule has 1 aromatic heterocycles.